The third-order valence-corrected chi connectivity index (χ3v) is 5.99. The van der Waals surface area contributed by atoms with Crippen LogP contribution in [0.1, 0.15) is 32.8 Å². The molecule has 0 unspecified atom stereocenters. The zero-order chi connectivity index (χ0) is 19.2. The van der Waals surface area contributed by atoms with Gasteiger partial charge in [0.2, 0.25) is 5.91 Å². The summed E-state index contributed by atoms with van der Waals surface area (Å²) in [6.07, 6.45) is 2.61. The molecule has 0 radical (unpaired) electrons. The number of amides is 2. The second-order valence-corrected chi connectivity index (χ2v) is 8.20. The molecule has 2 heterocycles. The van der Waals surface area contributed by atoms with Crippen LogP contribution in [-0.2, 0) is 11.2 Å². The number of hydrogen-bond donors (Lipinski definition) is 2. The van der Waals surface area contributed by atoms with Crippen LogP contribution in [0, 0.1) is 6.92 Å². The van der Waals surface area contributed by atoms with Gasteiger partial charge in [-0.05, 0) is 29.5 Å². The van der Waals surface area contributed by atoms with Gasteiger partial charge in [-0.15, -0.1) is 11.3 Å². The van der Waals surface area contributed by atoms with Crippen LogP contribution >= 0.6 is 34.3 Å². The Morgan fingerprint density at radius 1 is 1.26 bits per heavy atom. The maximum atomic E-state index is 12.0. The first-order valence-corrected chi connectivity index (χ1v) is 10.5. The van der Waals surface area contributed by atoms with Crippen LogP contribution in [-0.4, -0.2) is 23.3 Å². The lowest BCUT2D eigenvalue weighted by atomic mass is 10.1. The van der Waals surface area contributed by atoms with E-state index >= 15 is 0 Å². The molecule has 1 aromatic carbocycles. The minimum Gasteiger partial charge on any atom is -0.351 e. The summed E-state index contributed by atoms with van der Waals surface area (Å²) in [5.41, 5.74) is 2.69. The van der Waals surface area contributed by atoms with Crippen LogP contribution in [0.2, 0.25) is 5.02 Å². The molecule has 5 nitrogen and oxygen atoms in total. The van der Waals surface area contributed by atoms with E-state index in [1.807, 2.05) is 30.5 Å². The van der Waals surface area contributed by atoms with E-state index in [0.29, 0.717) is 17.1 Å². The average molecular weight is 420 g/mol. The molecular formula is C19H18ClN3O2S2. The van der Waals surface area contributed by atoms with E-state index in [0.717, 1.165) is 21.0 Å². The molecule has 0 aliphatic rings. The Hall–Kier alpha value is -2.22. The summed E-state index contributed by atoms with van der Waals surface area (Å²) in [6, 6.07) is 7.69. The van der Waals surface area contributed by atoms with Crippen LogP contribution < -0.4 is 10.6 Å². The largest absolute Gasteiger partial charge is 0.351 e. The zero-order valence-electron chi connectivity index (χ0n) is 14.6. The fraction of sp³-hybridized carbons (Fsp3) is 0.211. The Balaban J connectivity index is 1.48. The number of rotatable bonds is 7. The molecule has 8 heteroatoms. The minimum absolute atomic E-state index is 0.171. The van der Waals surface area contributed by atoms with Crippen molar-refractivity contribution < 1.29 is 9.59 Å². The number of hydrogen-bond acceptors (Lipinski definition) is 5. The summed E-state index contributed by atoms with van der Waals surface area (Å²) in [6.45, 7) is 2.25. The molecule has 0 aliphatic heterocycles. The van der Waals surface area contributed by atoms with E-state index in [1.54, 1.807) is 17.6 Å². The molecule has 3 aromatic rings. The summed E-state index contributed by atoms with van der Waals surface area (Å²) in [5, 5.41) is 10.4. The predicted molar refractivity (Wildman–Crippen MR) is 111 cm³/mol. The van der Waals surface area contributed by atoms with Crippen molar-refractivity contribution in [2.75, 3.05) is 11.9 Å². The zero-order valence-corrected chi connectivity index (χ0v) is 17.0. The van der Waals surface area contributed by atoms with Crippen molar-refractivity contribution in [3.05, 3.63) is 67.8 Å². The van der Waals surface area contributed by atoms with Crippen molar-refractivity contribution in [2.45, 2.75) is 19.8 Å². The monoisotopic (exact) mass is 419 g/mol. The second-order valence-electron chi connectivity index (χ2n) is 5.92. The van der Waals surface area contributed by atoms with Gasteiger partial charge in [-0.1, -0.05) is 29.8 Å². The van der Waals surface area contributed by atoms with Gasteiger partial charge in [0.15, 0.2) is 5.13 Å². The van der Waals surface area contributed by atoms with Crippen molar-refractivity contribution in [3.8, 4) is 0 Å². The normalized spacial score (nSPS) is 10.6. The number of aromatic nitrogens is 1. The second kappa shape index (κ2) is 9.12. The number of nitrogens with one attached hydrogen (secondary N) is 2. The fourth-order valence-electron chi connectivity index (χ4n) is 2.45. The molecule has 0 bridgehead atoms. The Bertz CT molecular complexity index is 938. The molecule has 0 aliphatic carbocycles. The highest BCUT2D eigenvalue weighted by molar-refractivity contribution is 7.15. The summed E-state index contributed by atoms with van der Waals surface area (Å²) in [7, 11) is 0. The fourth-order valence-corrected chi connectivity index (χ4v) is 4.13. The first kappa shape index (κ1) is 19.5. The third kappa shape index (κ3) is 5.38. The number of thiophene rings is 1. The van der Waals surface area contributed by atoms with Gasteiger partial charge in [-0.25, -0.2) is 4.98 Å². The Morgan fingerprint density at radius 3 is 2.89 bits per heavy atom. The smallest absolute Gasteiger partial charge is 0.252 e. The van der Waals surface area contributed by atoms with Gasteiger partial charge in [0.25, 0.3) is 5.91 Å². The highest BCUT2D eigenvalue weighted by Crippen LogP contribution is 2.26. The molecule has 3 rings (SSSR count). The molecule has 0 fully saturated rings. The summed E-state index contributed by atoms with van der Waals surface area (Å²) < 4.78 is 0. The van der Waals surface area contributed by atoms with Gasteiger partial charge in [-0.2, -0.15) is 11.3 Å². The van der Waals surface area contributed by atoms with Crippen molar-refractivity contribution in [2.24, 2.45) is 0 Å². The van der Waals surface area contributed by atoms with Gasteiger partial charge >= 0.3 is 0 Å². The number of aryl methyl sites for hydroxylation is 1. The minimum atomic E-state index is -0.185. The van der Waals surface area contributed by atoms with Gasteiger partial charge in [0, 0.05) is 46.4 Å². The molecule has 2 aromatic heterocycles. The van der Waals surface area contributed by atoms with Crippen molar-refractivity contribution in [1.82, 2.24) is 10.3 Å². The van der Waals surface area contributed by atoms with Crippen molar-refractivity contribution >= 4 is 51.2 Å². The standard InChI is InChI=1S/C19H18ClN3O2S2/c1-12-3-2-4-13(17(12)20)9-15-10-22-19(27-15)23-16(24)5-7-21-18(25)14-6-8-26-11-14/h2-4,6,8,10-11H,5,7,9H2,1H3,(H,21,25)(H,22,23,24). The lowest BCUT2D eigenvalue weighted by Crippen LogP contribution is -2.27. The molecule has 0 saturated heterocycles. The molecule has 0 saturated carbocycles. The van der Waals surface area contributed by atoms with Gasteiger partial charge < -0.3 is 10.6 Å². The highest BCUT2D eigenvalue weighted by atomic mass is 35.5. The summed E-state index contributed by atoms with van der Waals surface area (Å²) >= 11 is 9.21. The van der Waals surface area contributed by atoms with Gasteiger partial charge in [0.1, 0.15) is 0 Å². The Labute approximate surface area is 170 Å². The predicted octanol–water partition coefficient (Wildman–Crippen LogP) is 4.52. The van der Waals surface area contributed by atoms with Gasteiger partial charge in [0.05, 0.1) is 0 Å². The number of carbonyl (C=O) groups is 2. The van der Waals surface area contributed by atoms with E-state index in [2.05, 4.69) is 15.6 Å². The lowest BCUT2D eigenvalue weighted by Gasteiger charge is -2.05. The Morgan fingerprint density at radius 2 is 2.11 bits per heavy atom. The molecule has 0 atom stereocenters. The molecular weight excluding hydrogens is 402 g/mol. The van der Waals surface area contributed by atoms with Crippen LogP contribution in [0.25, 0.3) is 0 Å². The first-order valence-electron chi connectivity index (χ1n) is 8.32. The van der Waals surface area contributed by atoms with E-state index in [-0.39, 0.29) is 24.8 Å². The number of nitrogens with zero attached hydrogens (tertiary/aromatic N) is 1. The van der Waals surface area contributed by atoms with Crippen molar-refractivity contribution in [3.63, 3.8) is 0 Å². The molecule has 2 N–H and O–H groups in total. The van der Waals surface area contributed by atoms with Crippen molar-refractivity contribution in [1.29, 1.82) is 0 Å². The van der Waals surface area contributed by atoms with Crippen LogP contribution in [0.5, 0.6) is 0 Å². The molecule has 0 spiro atoms. The van der Waals surface area contributed by atoms with Gasteiger partial charge in [-0.3, -0.25) is 9.59 Å². The van der Waals surface area contributed by atoms with E-state index in [1.165, 1.54) is 22.7 Å². The van der Waals surface area contributed by atoms with E-state index in [9.17, 15) is 9.59 Å². The average Bonchev–Trinajstić information content (AvgIpc) is 3.31. The summed E-state index contributed by atoms with van der Waals surface area (Å²) in [4.78, 5) is 29.1. The van der Waals surface area contributed by atoms with E-state index < -0.39 is 0 Å². The third-order valence-electron chi connectivity index (χ3n) is 3.86. The topological polar surface area (TPSA) is 71.1 Å². The Kier molecular flexibility index (Phi) is 6.60. The number of thiazole rings is 1. The summed E-state index contributed by atoms with van der Waals surface area (Å²) in [5.74, 6) is -0.356. The maximum Gasteiger partial charge on any atom is 0.252 e. The number of carbonyl (C=O) groups excluding carboxylic acids is 2. The van der Waals surface area contributed by atoms with Crippen LogP contribution in [0.4, 0.5) is 5.13 Å². The molecule has 2 amide bonds. The van der Waals surface area contributed by atoms with Crippen LogP contribution in [0.3, 0.4) is 0 Å². The number of halogens is 1. The van der Waals surface area contributed by atoms with Crippen LogP contribution in [0.15, 0.2) is 41.2 Å². The SMILES string of the molecule is Cc1cccc(Cc2cnc(NC(=O)CCNC(=O)c3ccsc3)s2)c1Cl. The maximum absolute atomic E-state index is 12.0. The quantitative estimate of drug-likeness (QED) is 0.591. The first-order chi connectivity index (χ1) is 13.0. The molecule has 27 heavy (non-hydrogen) atoms. The number of benzene rings is 1. The van der Waals surface area contributed by atoms with E-state index in [4.69, 9.17) is 11.6 Å². The number of anilines is 1. The lowest BCUT2D eigenvalue weighted by molar-refractivity contribution is -0.116. The highest BCUT2D eigenvalue weighted by Gasteiger charge is 2.11. The molecule has 140 valence electrons.